The predicted octanol–water partition coefficient (Wildman–Crippen LogP) is 2.25. The maximum Gasteiger partial charge on any atom is 0.238 e. The quantitative estimate of drug-likeness (QED) is 0.856. The Bertz CT molecular complexity index is 568. The first-order chi connectivity index (χ1) is 9.33. The zero-order chi connectivity index (χ0) is 13.1. The number of rotatable bonds is 4. The number of benzene rings is 1. The number of Topliss-reactive ketones (excluding diaryl/α,β-unsaturated/α-hetero) is 1. The van der Waals surface area contributed by atoms with E-state index in [-0.39, 0.29) is 11.7 Å². The number of aromatic nitrogens is 2. The van der Waals surface area contributed by atoms with Crippen molar-refractivity contribution in [2.75, 3.05) is 11.5 Å². The topological polar surface area (TPSA) is 56.0 Å². The number of carbonyl (C=O) groups excluding carboxylic acids is 1. The van der Waals surface area contributed by atoms with Crippen LogP contribution in [-0.4, -0.2) is 27.4 Å². The van der Waals surface area contributed by atoms with Gasteiger partial charge in [0, 0.05) is 12.2 Å². The molecule has 1 aromatic carbocycles. The normalized spacial score (nSPS) is 18.9. The van der Waals surface area contributed by atoms with Gasteiger partial charge < -0.3 is 4.52 Å². The lowest BCUT2D eigenvalue weighted by molar-refractivity contribution is -0.117. The smallest absolute Gasteiger partial charge is 0.238 e. The van der Waals surface area contributed by atoms with Crippen LogP contribution in [0.3, 0.4) is 0 Å². The van der Waals surface area contributed by atoms with Crippen molar-refractivity contribution in [2.24, 2.45) is 0 Å². The molecule has 1 aliphatic heterocycles. The van der Waals surface area contributed by atoms with E-state index in [0.717, 1.165) is 18.6 Å². The molecule has 0 spiro atoms. The summed E-state index contributed by atoms with van der Waals surface area (Å²) in [5.74, 6) is 2.50. The summed E-state index contributed by atoms with van der Waals surface area (Å²) < 4.78 is 5.21. The van der Waals surface area contributed by atoms with Gasteiger partial charge in [-0.1, -0.05) is 35.5 Å². The lowest BCUT2D eigenvalue weighted by atomic mass is 10.1. The minimum atomic E-state index is -0.192. The molecular weight excluding hydrogens is 260 g/mol. The summed E-state index contributed by atoms with van der Waals surface area (Å²) in [6, 6.07) is 10.2. The molecule has 19 heavy (non-hydrogen) atoms. The number of hydrogen-bond donors (Lipinski definition) is 0. The standard InChI is InChI=1S/C14H14N2O2S/c17-12-9-19-8-11(12)14-15-13(16-18-14)7-6-10-4-2-1-3-5-10/h1-5,11H,6-9H2. The zero-order valence-electron chi connectivity index (χ0n) is 10.4. The van der Waals surface area contributed by atoms with Crippen molar-refractivity contribution < 1.29 is 9.32 Å². The van der Waals surface area contributed by atoms with Gasteiger partial charge in [-0.15, -0.1) is 0 Å². The average molecular weight is 274 g/mol. The largest absolute Gasteiger partial charge is 0.339 e. The minimum absolute atomic E-state index is 0.192. The molecule has 1 atom stereocenters. The summed E-state index contributed by atoms with van der Waals surface area (Å²) in [5.41, 5.74) is 1.25. The highest BCUT2D eigenvalue weighted by atomic mass is 32.2. The molecule has 0 amide bonds. The minimum Gasteiger partial charge on any atom is -0.339 e. The molecule has 1 saturated heterocycles. The second kappa shape index (κ2) is 5.57. The summed E-state index contributed by atoms with van der Waals surface area (Å²) in [6.45, 7) is 0. The lowest BCUT2D eigenvalue weighted by Gasteiger charge is -1.98. The summed E-state index contributed by atoms with van der Waals surface area (Å²) in [4.78, 5) is 16.0. The highest BCUT2D eigenvalue weighted by Gasteiger charge is 2.31. The first-order valence-electron chi connectivity index (χ1n) is 6.30. The Balaban J connectivity index is 1.64. The number of ketones is 1. The van der Waals surface area contributed by atoms with Gasteiger partial charge in [0.25, 0.3) is 0 Å². The van der Waals surface area contributed by atoms with E-state index >= 15 is 0 Å². The Kier molecular flexibility index (Phi) is 3.64. The molecule has 98 valence electrons. The van der Waals surface area contributed by atoms with Gasteiger partial charge in [0.15, 0.2) is 11.6 Å². The maximum atomic E-state index is 11.6. The molecule has 0 bridgehead atoms. The number of hydrogen-bond acceptors (Lipinski definition) is 5. The number of thioether (sulfide) groups is 1. The molecule has 0 aliphatic carbocycles. The molecule has 0 radical (unpaired) electrons. The SMILES string of the molecule is O=C1CSCC1c1nc(CCc2ccccc2)no1. The van der Waals surface area contributed by atoms with Gasteiger partial charge in [-0.2, -0.15) is 16.7 Å². The Labute approximate surface area is 115 Å². The van der Waals surface area contributed by atoms with Crippen molar-refractivity contribution in [3.8, 4) is 0 Å². The average Bonchev–Trinajstić information content (AvgIpc) is 3.06. The van der Waals surface area contributed by atoms with Crippen molar-refractivity contribution in [1.29, 1.82) is 0 Å². The fraction of sp³-hybridized carbons (Fsp3) is 0.357. The van der Waals surface area contributed by atoms with Crippen molar-refractivity contribution in [1.82, 2.24) is 10.1 Å². The van der Waals surface area contributed by atoms with Crippen molar-refractivity contribution >= 4 is 17.5 Å². The van der Waals surface area contributed by atoms with Gasteiger partial charge in [0.05, 0.1) is 5.75 Å². The monoisotopic (exact) mass is 274 g/mol. The van der Waals surface area contributed by atoms with E-state index in [0.29, 0.717) is 17.5 Å². The second-order valence-electron chi connectivity index (χ2n) is 4.57. The van der Waals surface area contributed by atoms with E-state index in [1.165, 1.54) is 5.56 Å². The number of nitrogens with zero attached hydrogens (tertiary/aromatic N) is 2. The van der Waals surface area contributed by atoms with E-state index in [9.17, 15) is 4.79 Å². The third-order valence-electron chi connectivity index (χ3n) is 3.18. The zero-order valence-corrected chi connectivity index (χ0v) is 11.2. The molecule has 4 nitrogen and oxygen atoms in total. The molecule has 0 saturated carbocycles. The molecule has 3 rings (SSSR count). The van der Waals surface area contributed by atoms with Gasteiger partial charge in [-0.3, -0.25) is 4.79 Å². The van der Waals surface area contributed by atoms with Crippen LogP contribution in [0, 0.1) is 0 Å². The fourth-order valence-electron chi connectivity index (χ4n) is 2.09. The summed E-state index contributed by atoms with van der Waals surface area (Å²) in [6.07, 6.45) is 1.62. The lowest BCUT2D eigenvalue weighted by Crippen LogP contribution is -2.09. The van der Waals surface area contributed by atoms with Gasteiger partial charge >= 0.3 is 0 Å². The van der Waals surface area contributed by atoms with E-state index in [1.54, 1.807) is 11.8 Å². The molecular formula is C14H14N2O2S. The van der Waals surface area contributed by atoms with Crippen LogP contribution in [0.1, 0.15) is 23.2 Å². The molecule has 1 aliphatic rings. The highest BCUT2D eigenvalue weighted by molar-refractivity contribution is 8.00. The summed E-state index contributed by atoms with van der Waals surface area (Å²) >= 11 is 1.63. The number of aryl methyl sites for hydroxylation is 2. The van der Waals surface area contributed by atoms with Gasteiger partial charge in [0.2, 0.25) is 5.89 Å². The Morgan fingerprint density at radius 1 is 1.26 bits per heavy atom. The Hall–Kier alpha value is -1.62. The van der Waals surface area contributed by atoms with Gasteiger partial charge in [0.1, 0.15) is 5.92 Å². The van der Waals surface area contributed by atoms with Crippen molar-refractivity contribution in [3.63, 3.8) is 0 Å². The van der Waals surface area contributed by atoms with Crippen LogP contribution in [0.2, 0.25) is 0 Å². The maximum absolute atomic E-state index is 11.6. The predicted molar refractivity (Wildman–Crippen MR) is 73.2 cm³/mol. The van der Waals surface area contributed by atoms with E-state index < -0.39 is 0 Å². The van der Waals surface area contributed by atoms with Crippen LogP contribution in [0.4, 0.5) is 0 Å². The summed E-state index contributed by atoms with van der Waals surface area (Å²) in [5, 5.41) is 3.96. The molecule has 1 unspecified atom stereocenters. The van der Waals surface area contributed by atoms with Crippen molar-refractivity contribution in [3.05, 3.63) is 47.6 Å². The van der Waals surface area contributed by atoms with Crippen LogP contribution in [0.25, 0.3) is 0 Å². The Morgan fingerprint density at radius 2 is 2.11 bits per heavy atom. The van der Waals surface area contributed by atoms with Gasteiger partial charge in [-0.25, -0.2) is 0 Å². The molecule has 1 fully saturated rings. The molecule has 2 aromatic rings. The van der Waals surface area contributed by atoms with Crippen LogP contribution in [-0.2, 0) is 17.6 Å². The summed E-state index contributed by atoms with van der Waals surface area (Å²) in [7, 11) is 0. The molecule has 1 aromatic heterocycles. The number of carbonyl (C=O) groups is 1. The Morgan fingerprint density at radius 3 is 2.84 bits per heavy atom. The van der Waals surface area contributed by atoms with Crippen LogP contribution >= 0.6 is 11.8 Å². The first kappa shape index (κ1) is 12.4. The van der Waals surface area contributed by atoms with Crippen LogP contribution in [0.15, 0.2) is 34.9 Å². The van der Waals surface area contributed by atoms with Crippen molar-refractivity contribution in [2.45, 2.75) is 18.8 Å². The van der Waals surface area contributed by atoms with E-state index in [4.69, 9.17) is 4.52 Å². The fourth-order valence-corrected chi connectivity index (χ4v) is 3.18. The highest BCUT2D eigenvalue weighted by Crippen LogP contribution is 2.28. The van der Waals surface area contributed by atoms with E-state index in [1.807, 2.05) is 18.2 Å². The third kappa shape index (κ3) is 2.87. The first-order valence-corrected chi connectivity index (χ1v) is 7.45. The molecule has 5 heteroatoms. The van der Waals surface area contributed by atoms with E-state index in [2.05, 4.69) is 22.3 Å². The van der Waals surface area contributed by atoms with Crippen LogP contribution < -0.4 is 0 Å². The molecule has 2 heterocycles. The second-order valence-corrected chi connectivity index (χ2v) is 5.60. The van der Waals surface area contributed by atoms with Crippen LogP contribution in [0.5, 0.6) is 0 Å². The van der Waals surface area contributed by atoms with Gasteiger partial charge in [-0.05, 0) is 12.0 Å². The third-order valence-corrected chi connectivity index (χ3v) is 4.24. The molecule has 0 N–H and O–H groups in total.